The number of aromatic nitrogens is 2. The lowest BCUT2D eigenvalue weighted by molar-refractivity contribution is -0.126. The van der Waals surface area contributed by atoms with E-state index in [0.717, 1.165) is 40.5 Å². The fraction of sp³-hybridized carbons (Fsp3) is 0.375. The molecule has 0 spiro atoms. The van der Waals surface area contributed by atoms with Gasteiger partial charge in [-0.3, -0.25) is 19.1 Å². The summed E-state index contributed by atoms with van der Waals surface area (Å²) in [5.41, 5.74) is 6.17. The zero-order chi connectivity index (χ0) is 37.0. The third kappa shape index (κ3) is 12.4. The molecule has 1 aromatic heterocycles. The van der Waals surface area contributed by atoms with Crippen LogP contribution in [0, 0.1) is 0 Å². The van der Waals surface area contributed by atoms with Crippen molar-refractivity contribution in [3.8, 4) is 22.5 Å². The Bertz CT molecular complexity index is 1870. The number of hydrogen-bond donors (Lipinski definition) is 3. The lowest BCUT2D eigenvalue weighted by Crippen LogP contribution is -2.50. The van der Waals surface area contributed by atoms with Gasteiger partial charge in [-0.05, 0) is 52.6 Å². The van der Waals surface area contributed by atoms with E-state index in [9.17, 15) is 22.8 Å². The summed E-state index contributed by atoms with van der Waals surface area (Å²) >= 11 is 0. The predicted octanol–water partition coefficient (Wildman–Crippen LogP) is 6.15. The largest absolute Gasteiger partial charge is 0.345 e. The van der Waals surface area contributed by atoms with Crippen molar-refractivity contribution >= 4 is 27.7 Å². The minimum Gasteiger partial charge on any atom is -0.345 e. The van der Waals surface area contributed by atoms with Gasteiger partial charge in [0.2, 0.25) is 15.9 Å². The van der Waals surface area contributed by atoms with E-state index >= 15 is 0 Å². The number of nitrogens with one attached hydrogen (secondary N) is 3. The first kappa shape index (κ1) is 38.9. The van der Waals surface area contributed by atoms with E-state index in [2.05, 4.69) is 72.6 Å². The maximum atomic E-state index is 13.2. The highest BCUT2D eigenvalue weighted by molar-refractivity contribution is 7.89. The van der Waals surface area contributed by atoms with Crippen molar-refractivity contribution in [3.05, 3.63) is 107 Å². The van der Waals surface area contributed by atoms with Crippen LogP contribution in [0.4, 0.5) is 0 Å². The van der Waals surface area contributed by atoms with Crippen LogP contribution in [0.15, 0.2) is 85.2 Å². The van der Waals surface area contributed by atoms with Gasteiger partial charge in [-0.2, -0.15) is 0 Å². The van der Waals surface area contributed by atoms with Crippen LogP contribution in [0.2, 0.25) is 0 Å². The number of sulfonamides is 1. The second-order valence-corrected chi connectivity index (χ2v) is 15.7. The number of aryl methyl sites for hydroxylation is 1. The molecule has 3 N–H and O–H groups in total. The van der Waals surface area contributed by atoms with Gasteiger partial charge in [-0.15, -0.1) is 0 Å². The molecule has 10 nitrogen and oxygen atoms in total. The second kappa shape index (κ2) is 17.8. The average molecular weight is 712 g/mol. The standard InChI is InChI=1S/C40H49N5O5S/c1-6-7-8-9-10-11-28-12-16-30(17-13-28)33-25-41-37(42-26-33)31-18-14-29(15-19-31)24-35(39(48)43-27-36(46)45-51(5,49)50)44-38(47)32-20-22-34(23-21-32)40(2,3)4/h12-23,25-26,35H,6-11,24,27H2,1-5H3,(H,43,48)(H,44,47)(H,45,46)/t35-/m0/s1. The third-order valence-electron chi connectivity index (χ3n) is 8.52. The molecule has 1 heterocycles. The zero-order valence-corrected chi connectivity index (χ0v) is 31.0. The number of rotatable bonds is 16. The van der Waals surface area contributed by atoms with E-state index in [0.29, 0.717) is 11.4 Å². The van der Waals surface area contributed by atoms with Crippen molar-refractivity contribution in [2.45, 2.75) is 84.1 Å². The number of nitrogens with zero attached hydrogens (tertiary/aromatic N) is 2. The minimum absolute atomic E-state index is 0.0949. The summed E-state index contributed by atoms with van der Waals surface area (Å²) in [7, 11) is -3.79. The number of amides is 3. The summed E-state index contributed by atoms with van der Waals surface area (Å²) in [5.74, 6) is -1.44. The van der Waals surface area contributed by atoms with Gasteiger partial charge in [-0.1, -0.05) is 114 Å². The molecule has 3 amide bonds. The number of carbonyl (C=O) groups is 3. The first-order valence-corrected chi connectivity index (χ1v) is 19.3. The van der Waals surface area contributed by atoms with Gasteiger partial charge in [0.1, 0.15) is 6.04 Å². The first-order valence-electron chi connectivity index (χ1n) is 17.4. The number of hydrogen-bond acceptors (Lipinski definition) is 7. The Labute approximate surface area is 302 Å². The van der Waals surface area contributed by atoms with E-state index in [1.807, 2.05) is 41.1 Å². The normalized spacial score (nSPS) is 12.2. The molecule has 0 fully saturated rings. The lowest BCUT2D eigenvalue weighted by Gasteiger charge is -2.20. The second-order valence-electron chi connectivity index (χ2n) is 13.9. The highest BCUT2D eigenvalue weighted by Gasteiger charge is 2.24. The van der Waals surface area contributed by atoms with Crippen molar-refractivity contribution in [3.63, 3.8) is 0 Å². The summed E-state index contributed by atoms with van der Waals surface area (Å²) in [5, 5.41) is 5.21. The van der Waals surface area contributed by atoms with Gasteiger partial charge in [-0.25, -0.2) is 18.4 Å². The van der Waals surface area contributed by atoms with Crippen LogP contribution in [0.5, 0.6) is 0 Å². The Morgan fingerprint density at radius 3 is 1.92 bits per heavy atom. The van der Waals surface area contributed by atoms with E-state index in [1.54, 1.807) is 24.5 Å². The Balaban J connectivity index is 1.42. The van der Waals surface area contributed by atoms with Crippen LogP contribution in [-0.2, 0) is 37.9 Å². The van der Waals surface area contributed by atoms with Crippen LogP contribution in [0.3, 0.4) is 0 Å². The average Bonchev–Trinajstić information content (AvgIpc) is 3.10. The molecule has 0 bridgehead atoms. The molecule has 11 heteroatoms. The van der Waals surface area contributed by atoms with Gasteiger partial charge < -0.3 is 10.6 Å². The molecule has 0 saturated carbocycles. The summed E-state index contributed by atoms with van der Waals surface area (Å²) in [6.45, 7) is 7.88. The highest BCUT2D eigenvalue weighted by atomic mass is 32.2. The van der Waals surface area contributed by atoms with E-state index in [4.69, 9.17) is 0 Å². The molecule has 270 valence electrons. The van der Waals surface area contributed by atoms with Gasteiger partial charge >= 0.3 is 0 Å². The molecule has 0 radical (unpaired) electrons. The Kier molecular flexibility index (Phi) is 13.6. The summed E-state index contributed by atoms with van der Waals surface area (Å²) < 4.78 is 24.6. The maximum absolute atomic E-state index is 13.2. The molecule has 3 aromatic carbocycles. The smallest absolute Gasteiger partial charge is 0.252 e. The van der Waals surface area contributed by atoms with Crippen molar-refractivity contribution in [2.24, 2.45) is 0 Å². The predicted molar refractivity (Wildman–Crippen MR) is 201 cm³/mol. The summed E-state index contributed by atoms with van der Waals surface area (Å²) in [6, 6.07) is 22.0. The Morgan fingerprint density at radius 2 is 1.33 bits per heavy atom. The molecule has 4 rings (SSSR count). The molecular formula is C40H49N5O5S. The van der Waals surface area contributed by atoms with Crippen LogP contribution >= 0.6 is 0 Å². The van der Waals surface area contributed by atoms with Crippen molar-refractivity contribution in [1.82, 2.24) is 25.3 Å². The van der Waals surface area contributed by atoms with E-state index in [-0.39, 0.29) is 11.8 Å². The SMILES string of the molecule is CCCCCCCc1ccc(-c2cnc(-c3ccc(C[C@H](NC(=O)c4ccc(C(C)(C)C)cc4)C(=O)NCC(=O)NS(C)(=O)=O)cc3)nc2)cc1. The molecule has 0 unspecified atom stereocenters. The molecule has 4 aromatic rings. The fourth-order valence-corrected chi connectivity index (χ4v) is 6.04. The van der Waals surface area contributed by atoms with Gasteiger partial charge in [0, 0.05) is 35.5 Å². The fourth-order valence-electron chi connectivity index (χ4n) is 5.55. The number of benzene rings is 3. The van der Waals surface area contributed by atoms with Crippen LogP contribution < -0.4 is 15.4 Å². The molecule has 1 atom stereocenters. The molecular weight excluding hydrogens is 663 g/mol. The van der Waals surface area contributed by atoms with Gasteiger partial charge in [0.05, 0.1) is 12.8 Å². The topological polar surface area (TPSA) is 147 Å². The van der Waals surface area contributed by atoms with Crippen LogP contribution in [0.1, 0.15) is 86.8 Å². The summed E-state index contributed by atoms with van der Waals surface area (Å²) in [6.07, 6.45) is 12.0. The third-order valence-corrected chi connectivity index (χ3v) is 9.12. The highest BCUT2D eigenvalue weighted by Crippen LogP contribution is 2.24. The molecule has 0 saturated heterocycles. The first-order chi connectivity index (χ1) is 24.2. The summed E-state index contributed by atoms with van der Waals surface area (Å²) in [4.78, 5) is 47.7. The Hall–Kier alpha value is -4.90. The van der Waals surface area contributed by atoms with Crippen LogP contribution in [0.25, 0.3) is 22.5 Å². The van der Waals surface area contributed by atoms with Crippen LogP contribution in [-0.4, -0.2) is 54.9 Å². The zero-order valence-electron chi connectivity index (χ0n) is 30.2. The van der Waals surface area contributed by atoms with Crippen molar-refractivity contribution < 1.29 is 22.8 Å². The molecule has 0 aliphatic carbocycles. The van der Waals surface area contributed by atoms with Crippen molar-refractivity contribution in [1.29, 1.82) is 0 Å². The number of carbonyl (C=O) groups excluding carboxylic acids is 3. The quantitative estimate of drug-likeness (QED) is 0.118. The van der Waals surface area contributed by atoms with Crippen molar-refractivity contribution in [2.75, 3.05) is 12.8 Å². The minimum atomic E-state index is -3.79. The molecule has 51 heavy (non-hydrogen) atoms. The van der Waals surface area contributed by atoms with E-state index in [1.165, 1.54) is 37.7 Å². The molecule has 0 aliphatic heterocycles. The number of unbranched alkanes of at least 4 members (excludes halogenated alkanes) is 4. The monoisotopic (exact) mass is 711 g/mol. The maximum Gasteiger partial charge on any atom is 0.252 e. The molecule has 0 aliphatic rings. The van der Waals surface area contributed by atoms with Gasteiger partial charge in [0.25, 0.3) is 11.8 Å². The van der Waals surface area contributed by atoms with Gasteiger partial charge in [0.15, 0.2) is 5.82 Å². The van der Waals surface area contributed by atoms with E-state index < -0.39 is 40.3 Å². The lowest BCUT2D eigenvalue weighted by atomic mass is 9.86. The Morgan fingerprint density at radius 1 is 0.745 bits per heavy atom.